The van der Waals surface area contributed by atoms with Crippen LogP contribution in [0.3, 0.4) is 0 Å². The molecule has 0 fully saturated rings. The number of nitrogens with zero attached hydrogens (tertiary/aromatic N) is 2. The van der Waals surface area contributed by atoms with Gasteiger partial charge in [0.25, 0.3) is 5.56 Å². The zero-order valence-electron chi connectivity index (χ0n) is 17.3. The molecular weight excluding hydrogens is 483 g/mol. The number of pyridine rings is 1. The van der Waals surface area contributed by atoms with Crippen molar-refractivity contribution in [2.45, 2.75) is 52.5 Å². The molecule has 2 heterocycles. The molecule has 2 rings (SSSR count). The lowest BCUT2D eigenvalue weighted by molar-refractivity contribution is 0.546. The first-order valence-electron chi connectivity index (χ1n) is 9.66. The Kier molecular flexibility index (Phi) is 10.8. The summed E-state index contributed by atoms with van der Waals surface area (Å²) in [6, 6.07) is 9.68. The number of unbranched alkanes of at least 4 members (excludes halogenated alkanes) is 1. The van der Waals surface area contributed by atoms with E-state index in [9.17, 15) is 4.79 Å². The van der Waals surface area contributed by atoms with Crippen LogP contribution in [0.15, 0.2) is 45.5 Å². The van der Waals surface area contributed by atoms with E-state index in [1.165, 1.54) is 4.88 Å². The van der Waals surface area contributed by atoms with Crippen molar-refractivity contribution < 1.29 is 0 Å². The van der Waals surface area contributed by atoms with Crippen LogP contribution in [0.4, 0.5) is 0 Å². The number of hydrogen-bond donors (Lipinski definition) is 2. The number of nitrogens with one attached hydrogen (secondary N) is 2. The summed E-state index contributed by atoms with van der Waals surface area (Å²) in [7, 11) is 0. The number of rotatable bonds is 9. The highest BCUT2D eigenvalue weighted by Gasteiger charge is 2.21. The van der Waals surface area contributed by atoms with Crippen molar-refractivity contribution in [3.63, 3.8) is 0 Å². The third-order valence-electron chi connectivity index (χ3n) is 4.53. The summed E-state index contributed by atoms with van der Waals surface area (Å²) in [5.74, 6) is 0.857. The zero-order valence-corrected chi connectivity index (χ0v) is 20.5. The minimum Gasteiger partial charge on any atom is -0.357 e. The van der Waals surface area contributed by atoms with Gasteiger partial charge < -0.3 is 15.2 Å². The van der Waals surface area contributed by atoms with Crippen molar-refractivity contribution >= 4 is 41.3 Å². The van der Waals surface area contributed by atoms with E-state index in [2.05, 4.69) is 48.9 Å². The molecule has 0 saturated heterocycles. The summed E-state index contributed by atoms with van der Waals surface area (Å²) >= 11 is 1.78. The van der Waals surface area contributed by atoms with Crippen LogP contribution in [-0.4, -0.2) is 30.2 Å². The van der Waals surface area contributed by atoms with Gasteiger partial charge in [-0.1, -0.05) is 26.0 Å². The Bertz CT molecular complexity index is 784. The quantitative estimate of drug-likeness (QED) is 0.228. The molecule has 0 aromatic carbocycles. The normalized spacial score (nSPS) is 11.8. The van der Waals surface area contributed by atoms with Crippen molar-refractivity contribution in [3.05, 3.63) is 56.6 Å². The van der Waals surface area contributed by atoms with Crippen molar-refractivity contribution in [2.75, 3.05) is 19.6 Å². The van der Waals surface area contributed by atoms with Gasteiger partial charge in [0.05, 0.1) is 6.54 Å². The Morgan fingerprint density at radius 2 is 1.96 bits per heavy atom. The summed E-state index contributed by atoms with van der Waals surface area (Å²) < 4.78 is 1.84. The second kappa shape index (κ2) is 12.3. The molecule has 0 aliphatic heterocycles. The van der Waals surface area contributed by atoms with Crippen LogP contribution in [0, 0.1) is 6.92 Å². The summed E-state index contributed by atoms with van der Waals surface area (Å²) in [6.07, 6.45) is 1.94. The molecule has 0 amide bonds. The molecule has 2 aromatic rings. The van der Waals surface area contributed by atoms with Crippen molar-refractivity contribution in [3.8, 4) is 0 Å². The maximum atomic E-state index is 11.9. The fourth-order valence-corrected chi connectivity index (χ4v) is 3.72. The molecule has 7 heteroatoms. The number of thiophene rings is 1. The van der Waals surface area contributed by atoms with Crippen LogP contribution in [-0.2, 0) is 12.0 Å². The Balaban J connectivity index is 0.00000392. The first kappa shape index (κ1) is 24.7. The lowest BCUT2D eigenvalue weighted by atomic mass is 9.92. The Hall–Kier alpha value is -1.35. The van der Waals surface area contributed by atoms with Gasteiger partial charge in [-0.15, -0.1) is 35.3 Å². The van der Waals surface area contributed by atoms with E-state index in [-0.39, 0.29) is 35.0 Å². The first-order valence-corrected chi connectivity index (χ1v) is 10.5. The molecule has 0 saturated carbocycles. The average Bonchev–Trinajstić information content (AvgIpc) is 3.17. The zero-order chi connectivity index (χ0) is 19.7. The second-order valence-electron chi connectivity index (χ2n) is 7.35. The van der Waals surface area contributed by atoms with Crippen LogP contribution >= 0.6 is 35.3 Å². The average molecular weight is 516 g/mol. The molecule has 0 bridgehead atoms. The van der Waals surface area contributed by atoms with E-state index in [0.717, 1.165) is 50.7 Å². The van der Waals surface area contributed by atoms with Gasteiger partial charge in [-0.3, -0.25) is 9.79 Å². The maximum absolute atomic E-state index is 11.9. The highest BCUT2D eigenvalue weighted by Crippen LogP contribution is 2.27. The summed E-state index contributed by atoms with van der Waals surface area (Å²) in [4.78, 5) is 18.0. The van der Waals surface area contributed by atoms with E-state index in [1.54, 1.807) is 17.4 Å². The van der Waals surface area contributed by atoms with Gasteiger partial charge in [0.2, 0.25) is 0 Å². The molecule has 5 nitrogen and oxygen atoms in total. The third-order valence-corrected chi connectivity index (χ3v) is 5.77. The molecule has 28 heavy (non-hydrogen) atoms. The highest BCUT2D eigenvalue weighted by atomic mass is 127. The van der Waals surface area contributed by atoms with Crippen LogP contribution in [0.25, 0.3) is 0 Å². The summed E-state index contributed by atoms with van der Waals surface area (Å²) in [5, 5.41) is 8.84. The number of halogens is 1. The van der Waals surface area contributed by atoms with E-state index in [4.69, 9.17) is 4.99 Å². The van der Waals surface area contributed by atoms with Crippen LogP contribution < -0.4 is 16.2 Å². The predicted octanol–water partition coefficient (Wildman–Crippen LogP) is 4.15. The minimum atomic E-state index is 0. The Labute approximate surface area is 189 Å². The van der Waals surface area contributed by atoms with E-state index < -0.39 is 0 Å². The standard InChI is InChI=1S/C21H32N4OS.HI/c1-5-22-20(24-16-21(3,4)18-11-9-15-27-18)23-13-6-7-14-25-17(2)10-8-12-19(25)26;/h8-12,15H,5-7,13-14,16H2,1-4H3,(H2,22,23,24);1H. The molecule has 0 aliphatic rings. The van der Waals surface area contributed by atoms with Gasteiger partial charge in [0, 0.05) is 41.7 Å². The number of aromatic nitrogens is 1. The Morgan fingerprint density at radius 1 is 1.18 bits per heavy atom. The molecule has 0 aliphatic carbocycles. The van der Waals surface area contributed by atoms with Crippen molar-refractivity contribution in [1.82, 2.24) is 15.2 Å². The van der Waals surface area contributed by atoms with Gasteiger partial charge >= 0.3 is 0 Å². The smallest absolute Gasteiger partial charge is 0.250 e. The predicted molar refractivity (Wildman–Crippen MR) is 131 cm³/mol. The van der Waals surface area contributed by atoms with Crippen LogP contribution in [0.1, 0.15) is 44.2 Å². The molecule has 0 unspecified atom stereocenters. The molecule has 2 aromatic heterocycles. The lowest BCUT2D eigenvalue weighted by Gasteiger charge is -2.22. The van der Waals surface area contributed by atoms with Gasteiger partial charge in [-0.2, -0.15) is 0 Å². The van der Waals surface area contributed by atoms with Crippen LogP contribution in [0.5, 0.6) is 0 Å². The highest BCUT2D eigenvalue weighted by molar-refractivity contribution is 14.0. The fourth-order valence-electron chi connectivity index (χ4n) is 2.87. The first-order chi connectivity index (χ1) is 12.9. The molecular formula is C21H33IN4OS. The number of aliphatic imine (C=N–C) groups is 1. The second-order valence-corrected chi connectivity index (χ2v) is 8.29. The monoisotopic (exact) mass is 516 g/mol. The number of hydrogen-bond acceptors (Lipinski definition) is 3. The molecule has 0 radical (unpaired) electrons. The number of aryl methyl sites for hydroxylation is 1. The largest absolute Gasteiger partial charge is 0.357 e. The maximum Gasteiger partial charge on any atom is 0.250 e. The van der Waals surface area contributed by atoms with Gasteiger partial charge in [-0.05, 0) is 44.2 Å². The van der Waals surface area contributed by atoms with E-state index in [1.807, 2.05) is 23.6 Å². The van der Waals surface area contributed by atoms with Gasteiger partial charge in [-0.25, -0.2) is 0 Å². The molecule has 156 valence electrons. The third kappa shape index (κ3) is 7.58. The van der Waals surface area contributed by atoms with Gasteiger partial charge in [0.1, 0.15) is 0 Å². The fraction of sp³-hybridized carbons (Fsp3) is 0.524. The molecule has 2 N–H and O–H groups in total. The summed E-state index contributed by atoms with van der Waals surface area (Å²) in [5.41, 5.74) is 1.12. The van der Waals surface area contributed by atoms with Crippen molar-refractivity contribution in [2.24, 2.45) is 4.99 Å². The van der Waals surface area contributed by atoms with E-state index in [0.29, 0.717) is 0 Å². The molecule has 0 spiro atoms. The minimum absolute atomic E-state index is 0. The SMILES string of the molecule is CCNC(=NCC(C)(C)c1cccs1)NCCCCn1c(C)cccc1=O.I. The summed E-state index contributed by atoms with van der Waals surface area (Å²) in [6.45, 7) is 11.7. The lowest BCUT2D eigenvalue weighted by Crippen LogP contribution is -2.39. The van der Waals surface area contributed by atoms with E-state index >= 15 is 0 Å². The van der Waals surface area contributed by atoms with Gasteiger partial charge in [0.15, 0.2) is 5.96 Å². The Morgan fingerprint density at radius 3 is 2.61 bits per heavy atom. The topological polar surface area (TPSA) is 58.4 Å². The molecule has 0 atom stereocenters. The number of guanidine groups is 1. The van der Waals surface area contributed by atoms with Crippen LogP contribution in [0.2, 0.25) is 0 Å². The van der Waals surface area contributed by atoms with Crippen molar-refractivity contribution in [1.29, 1.82) is 0 Å².